The molecule has 0 aromatic heterocycles. The van der Waals surface area contributed by atoms with Gasteiger partial charge in [0.25, 0.3) is 0 Å². The van der Waals surface area contributed by atoms with Crippen molar-refractivity contribution in [2.75, 3.05) is 6.61 Å². The van der Waals surface area contributed by atoms with Gasteiger partial charge in [0.05, 0.1) is 6.61 Å². The summed E-state index contributed by atoms with van der Waals surface area (Å²) in [5, 5.41) is 0. The lowest BCUT2D eigenvalue weighted by atomic mass is 10.1. The lowest BCUT2D eigenvalue weighted by Gasteiger charge is -2.30. The van der Waals surface area contributed by atoms with Gasteiger partial charge in [0.15, 0.2) is 17.9 Å². The lowest BCUT2D eigenvalue weighted by molar-refractivity contribution is -0.231. The second-order valence-electron chi connectivity index (χ2n) is 9.26. The fourth-order valence-corrected chi connectivity index (χ4v) is 5.65. The first-order chi connectivity index (χ1) is 16.1. The second-order valence-corrected chi connectivity index (χ2v) is 10.7. The van der Waals surface area contributed by atoms with Gasteiger partial charge in [0, 0.05) is 0 Å². The van der Waals surface area contributed by atoms with Crippen molar-refractivity contribution in [1.82, 2.24) is 0 Å². The molecular formula is C24H29O9P. The van der Waals surface area contributed by atoms with E-state index in [1.165, 1.54) is 0 Å². The molecule has 0 bridgehead atoms. The molecule has 5 rings (SSSR count). The molecular weight excluding hydrogens is 463 g/mol. The molecule has 3 aliphatic heterocycles. The third-order valence-corrected chi connectivity index (χ3v) is 6.97. The van der Waals surface area contributed by atoms with Gasteiger partial charge in [-0.2, -0.15) is 0 Å². The highest BCUT2D eigenvalue weighted by Gasteiger charge is 2.61. The summed E-state index contributed by atoms with van der Waals surface area (Å²) in [7, 11) is -4.23. The first kappa shape index (κ1) is 23.8. The lowest BCUT2D eigenvalue weighted by Crippen LogP contribution is -2.44. The Morgan fingerprint density at radius 1 is 0.794 bits per heavy atom. The first-order valence-corrected chi connectivity index (χ1v) is 12.7. The minimum Gasteiger partial charge on any atom is -0.395 e. The molecule has 34 heavy (non-hydrogen) atoms. The van der Waals surface area contributed by atoms with Crippen molar-refractivity contribution in [3.8, 4) is 11.5 Å². The van der Waals surface area contributed by atoms with Crippen LogP contribution in [0.15, 0.2) is 60.7 Å². The molecule has 2 aromatic carbocycles. The van der Waals surface area contributed by atoms with Crippen LogP contribution in [0.4, 0.5) is 0 Å². The molecule has 0 saturated carbocycles. The number of para-hydroxylation sites is 2. The fraction of sp³-hybridized carbons (Fsp3) is 0.500. The Hall–Kier alpha value is -1.97. The summed E-state index contributed by atoms with van der Waals surface area (Å²) in [6.07, 6.45) is -3.49. The second kappa shape index (κ2) is 8.91. The van der Waals surface area contributed by atoms with E-state index in [0.717, 1.165) is 0 Å². The topological polar surface area (TPSA) is 90.9 Å². The normalized spacial score (nSPS) is 31.8. The van der Waals surface area contributed by atoms with E-state index >= 15 is 0 Å². The highest BCUT2D eigenvalue weighted by atomic mass is 31.2. The Bertz CT molecular complexity index is 984. The highest BCUT2D eigenvalue weighted by molar-refractivity contribution is 7.49. The maximum Gasteiger partial charge on any atom is 0.588 e. The van der Waals surface area contributed by atoms with Gasteiger partial charge in [0.2, 0.25) is 0 Å². The zero-order chi connectivity index (χ0) is 24.0. The Morgan fingerprint density at radius 3 is 1.91 bits per heavy atom. The number of ether oxygens (including phenoxy) is 5. The van der Waals surface area contributed by atoms with Crippen molar-refractivity contribution in [3.05, 3.63) is 60.7 Å². The molecule has 0 N–H and O–H groups in total. The average Bonchev–Trinajstić information content (AvgIpc) is 3.39. The monoisotopic (exact) mass is 492 g/mol. The van der Waals surface area contributed by atoms with Crippen molar-refractivity contribution in [2.24, 2.45) is 0 Å². The molecule has 9 nitrogen and oxygen atoms in total. The summed E-state index contributed by atoms with van der Waals surface area (Å²) in [5.41, 5.74) is 0. The van der Waals surface area contributed by atoms with E-state index < -0.39 is 50.1 Å². The molecule has 2 aromatic rings. The van der Waals surface area contributed by atoms with Crippen molar-refractivity contribution < 1.29 is 41.8 Å². The molecule has 3 saturated heterocycles. The molecule has 3 heterocycles. The van der Waals surface area contributed by atoms with Crippen LogP contribution < -0.4 is 9.05 Å². The van der Waals surface area contributed by atoms with Crippen LogP contribution in [0.2, 0.25) is 0 Å². The third kappa shape index (κ3) is 5.16. The van der Waals surface area contributed by atoms with E-state index in [0.29, 0.717) is 11.5 Å². The molecule has 0 amide bonds. The Labute approximate surface area is 198 Å². The fourth-order valence-electron chi connectivity index (χ4n) is 4.23. The summed E-state index contributed by atoms with van der Waals surface area (Å²) in [5.74, 6) is -1.03. The number of hydrogen-bond acceptors (Lipinski definition) is 9. The van der Waals surface area contributed by atoms with Gasteiger partial charge in [-0.3, -0.25) is 4.52 Å². The van der Waals surface area contributed by atoms with Crippen LogP contribution in [-0.4, -0.2) is 48.9 Å². The standard InChI is InChI=1S/C24H29O9P/c1-23(2)26-15-18(28-23)19-20(21-22(27-19)30-24(3,4)29-21)33-34(25,31-16-11-7-5-8-12-16)32-17-13-9-6-10-14-17/h5-14,18-22H,15H2,1-4H3/t18-,19+,20-,21+,22+/m0/s1. The van der Waals surface area contributed by atoms with Crippen molar-refractivity contribution in [2.45, 2.75) is 70.0 Å². The van der Waals surface area contributed by atoms with Gasteiger partial charge >= 0.3 is 7.82 Å². The number of phosphoric ester groups is 1. The quantitative estimate of drug-likeness (QED) is 0.512. The molecule has 0 aliphatic carbocycles. The SMILES string of the molecule is CC1(C)O[C@H]2O[C@H]([C@@H]3COC(C)(C)O3)[C@H](OP(=O)(Oc3ccccc3)Oc3ccccc3)[C@H]2O1. The average molecular weight is 492 g/mol. The maximum absolute atomic E-state index is 14.1. The van der Waals surface area contributed by atoms with E-state index in [-0.39, 0.29) is 6.61 Å². The number of benzene rings is 2. The van der Waals surface area contributed by atoms with Crippen LogP contribution in [0.25, 0.3) is 0 Å². The van der Waals surface area contributed by atoms with Gasteiger partial charge in [-0.05, 0) is 52.0 Å². The van der Waals surface area contributed by atoms with E-state index in [1.807, 2.05) is 26.0 Å². The zero-order valence-corrected chi connectivity index (χ0v) is 20.4. The highest BCUT2D eigenvalue weighted by Crippen LogP contribution is 2.54. The van der Waals surface area contributed by atoms with Gasteiger partial charge in [-0.15, -0.1) is 0 Å². The van der Waals surface area contributed by atoms with Crippen molar-refractivity contribution in [1.29, 1.82) is 0 Å². The summed E-state index contributed by atoms with van der Waals surface area (Å²) in [6.45, 7) is 7.45. The summed E-state index contributed by atoms with van der Waals surface area (Å²) >= 11 is 0. The van der Waals surface area contributed by atoms with E-state index in [4.69, 9.17) is 37.3 Å². The number of rotatable bonds is 7. The molecule has 3 fully saturated rings. The van der Waals surface area contributed by atoms with Gasteiger partial charge in [-0.1, -0.05) is 36.4 Å². The van der Waals surface area contributed by atoms with Gasteiger partial charge in [-0.25, -0.2) is 4.57 Å². The van der Waals surface area contributed by atoms with Crippen LogP contribution in [0.5, 0.6) is 11.5 Å². The van der Waals surface area contributed by atoms with Crippen LogP contribution >= 0.6 is 7.82 Å². The summed E-state index contributed by atoms with van der Waals surface area (Å²) in [4.78, 5) is 0. The Balaban J connectivity index is 1.45. The number of phosphoric acid groups is 1. The minimum absolute atomic E-state index is 0.268. The van der Waals surface area contributed by atoms with Crippen LogP contribution in [-0.2, 0) is 32.8 Å². The van der Waals surface area contributed by atoms with Crippen LogP contribution in [0.1, 0.15) is 27.7 Å². The van der Waals surface area contributed by atoms with Crippen molar-refractivity contribution in [3.63, 3.8) is 0 Å². The van der Waals surface area contributed by atoms with E-state index in [1.54, 1.807) is 62.4 Å². The smallest absolute Gasteiger partial charge is 0.395 e. The molecule has 184 valence electrons. The predicted octanol–water partition coefficient (Wildman–Crippen LogP) is 4.67. The van der Waals surface area contributed by atoms with Gasteiger partial charge < -0.3 is 32.7 Å². The molecule has 10 heteroatoms. The Kier molecular flexibility index (Phi) is 6.23. The zero-order valence-electron chi connectivity index (χ0n) is 19.5. The number of fused-ring (bicyclic) bond motifs is 1. The predicted molar refractivity (Wildman–Crippen MR) is 120 cm³/mol. The maximum atomic E-state index is 14.1. The van der Waals surface area contributed by atoms with Gasteiger partial charge in [0.1, 0.15) is 35.9 Å². The molecule has 0 spiro atoms. The van der Waals surface area contributed by atoms with Crippen LogP contribution in [0, 0.1) is 0 Å². The van der Waals surface area contributed by atoms with E-state index in [2.05, 4.69) is 0 Å². The van der Waals surface area contributed by atoms with Crippen molar-refractivity contribution >= 4 is 7.82 Å². The molecule has 0 radical (unpaired) electrons. The number of hydrogen-bond donors (Lipinski definition) is 0. The molecule has 5 atom stereocenters. The molecule has 0 unspecified atom stereocenters. The van der Waals surface area contributed by atoms with E-state index in [9.17, 15) is 4.57 Å². The van der Waals surface area contributed by atoms with Crippen LogP contribution in [0.3, 0.4) is 0 Å². The largest absolute Gasteiger partial charge is 0.588 e. The third-order valence-electron chi connectivity index (χ3n) is 5.60. The minimum atomic E-state index is -4.23. The summed E-state index contributed by atoms with van der Waals surface area (Å²) in [6, 6.07) is 17.4. The summed E-state index contributed by atoms with van der Waals surface area (Å²) < 4.78 is 61.7. The Morgan fingerprint density at radius 2 is 1.38 bits per heavy atom. The first-order valence-electron chi connectivity index (χ1n) is 11.2. The molecule has 3 aliphatic rings.